The molecule has 0 aliphatic carbocycles. The normalized spacial score (nSPS) is 19.8. The molecule has 18 heavy (non-hydrogen) atoms. The second-order valence-electron chi connectivity index (χ2n) is 5.15. The lowest BCUT2D eigenvalue weighted by molar-refractivity contribution is 0.275. The second kappa shape index (κ2) is 5.67. The Morgan fingerprint density at radius 1 is 1.44 bits per heavy atom. The predicted molar refractivity (Wildman–Crippen MR) is 71.2 cm³/mol. The zero-order valence-corrected chi connectivity index (χ0v) is 11.1. The highest BCUT2D eigenvalue weighted by molar-refractivity contribution is 5.55. The van der Waals surface area contributed by atoms with Gasteiger partial charge in [-0.05, 0) is 39.1 Å². The Balaban J connectivity index is 2.27. The van der Waals surface area contributed by atoms with Crippen LogP contribution in [0, 0.1) is 5.82 Å². The SMILES string of the molecule is CN(C)CC1CCCN1c1cccc(F)c1CO. The van der Waals surface area contributed by atoms with E-state index in [1.54, 1.807) is 6.07 Å². The lowest BCUT2D eigenvalue weighted by atomic mass is 10.1. The number of aliphatic hydroxyl groups excluding tert-OH is 1. The molecule has 2 rings (SSSR count). The fourth-order valence-electron chi connectivity index (χ4n) is 2.74. The zero-order chi connectivity index (χ0) is 13.1. The number of rotatable bonds is 4. The molecule has 1 aliphatic rings. The first-order valence-electron chi connectivity index (χ1n) is 6.43. The summed E-state index contributed by atoms with van der Waals surface area (Å²) < 4.78 is 13.7. The summed E-state index contributed by atoms with van der Waals surface area (Å²) in [5.41, 5.74) is 1.27. The molecule has 1 fully saturated rings. The lowest BCUT2D eigenvalue weighted by Gasteiger charge is -2.30. The molecule has 0 saturated carbocycles. The van der Waals surface area contributed by atoms with Gasteiger partial charge in [0, 0.05) is 30.4 Å². The van der Waals surface area contributed by atoms with Gasteiger partial charge in [-0.2, -0.15) is 0 Å². The average Bonchev–Trinajstić information content (AvgIpc) is 2.75. The Kier molecular flexibility index (Phi) is 4.19. The van der Waals surface area contributed by atoms with Crippen LogP contribution in [0.25, 0.3) is 0 Å². The molecule has 1 heterocycles. The highest BCUT2D eigenvalue weighted by Crippen LogP contribution is 2.30. The minimum atomic E-state index is -0.314. The van der Waals surface area contributed by atoms with Crippen LogP contribution in [-0.2, 0) is 6.61 Å². The van der Waals surface area contributed by atoms with E-state index in [0.29, 0.717) is 11.6 Å². The van der Waals surface area contributed by atoms with Crippen molar-refractivity contribution in [2.45, 2.75) is 25.5 Å². The van der Waals surface area contributed by atoms with E-state index in [4.69, 9.17) is 0 Å². The van der Waals surface area contributed by atoms with Crippen LogP contribution in [0.15, 0.2) is 18.2 Å². The molecule has 0 amide bonds. The van der Waals surface area contributed by atoms with Gasteiger partial charge in [-0.1, -0.05) is 6.07 Å². The van der Waals surface area contributed by atoms with Crippen LogP contribution in [0.1, 0.15) is 18.4 Å². The number of aliphatic hydroxyl groups is 1. The highest BCUT2D eigenvalue weighted by Gasteiger charge is 2.27. The molecule has 3 nitrogen and oxygen atoms in total. The van der Waals surface area contributed by atoms with Crippen molar-refractivity contribution in [2.75, 3.05) is 32.1 Å². The first-order valence-corrected chi connectivity index (χ1v) is 6.43. The third-order valence-corrected chi connectivity index (χ3v) is 3.51. The fourth-order valence-corrected chi connectivity index (χ4v) is 2.74. The van der Waals surface area contributed by atoms with Gasteiger partial charge in [-0.3, -0.25) is 0 Å². The van der Waals surface area contributed by atoms with E-state index in [9.17, 15) is 9.50 Å². The minimum absolute atomic E-state index is 0.243. The maximum atomic E-state index is 13.7. The molecule has 0 aromatic heterocycles. The maximum absolute atomic E-state index is 13.7. The first kappa shape index (κ1) is 13.3. The Morgan fingerprint density at radius 3 is 2.89 bits per heavy atom. The summed E-state index contributed by atoms with van der Waals surface area (Å²) in [5.74, 6) is -0.314. The zero-order valence-electron chi connectivity index (χ0n) is 11.1. The molecular formula is C14H21FN2O. The summed E-state index contributed by atoms with van der Waals surface area (Å²) in [6.07, 6.45) is 2.25. The van der Waals surface area contributed by atoms with Crippen molar-refractivity contribution >= 4 is 5.69 Å². The molecule has 1 aromatic carbocycles. The van der Waals surface area contributed by atoms with Crippen LogP contribution in [0.3, 0.4) is 0 Å². The van der Waals surface area contributed by atoms with E-state index >= 15 is 0 Å². The summed E-state index contributed by atoms with van der Waals surface area (Å²) >= 11 is 0. The van der Waals surface area contributed by atoms with Crippen LogP contribution >= 0.6 is 0 Å². The smallest absolute Gasteiger partial charge is 0.130 e. The number of nitrogens with zero attached hydrogens (tertiary/aromatic N) is 2. The van der Waals surface area contributed by atoms with E-state index in [-0.39, 0.29) is 12.4 Å². The molecule has 100 valence electrons. The maximum Gasteiger partial charge on any atom is 0.130 e. The van der Waals surface area contributed by atoms with Crippen molar-refractivity contribution in [2.24, 2.45) is 0 Å². The Bertz CT molecular complexity index is 409. The highest BCUT2D eigenvalue weighted by atomic mass is 19.1. The van der Waals surface area contributed by atoms with Gasteiger partial charge in [0.1, 0.15) is 5.82 Å². The van der Waals surface area contributed by atoms with E-state index in [0.717, 1.165) is 31.6 Å². The minimum Gasteiger partial charge on any atom is -0.391 e. The van der Waals surface area contributed by atoms with E-state index in [1.807, 2.05) is 6.07 Å². The summed E-state index contributed by atoms with van der Waals surface area (Å²) in [7, 11) is 4.10. The molecule has 0 spiro atoms. The topological polar surface area (TPSA) is 26.7 Å². The van der Waals surface area contributed by atoms with Crippen molar-refractivity contribution in [3.05, 3.63) is 29.6 Å². The van der Waals surface area contributed by atoms with Crippen LogP contribution in [0.5, 0.6) is 0 Å². The van der Waals surface area contributed by atoms with Crippen LogP contribution in [0.2, 0.25) is 0 Å². The average molecular weight is 252 g/mol. The van der Waals surface area contributed by atoms with Gasteiger partial charge in [-0.25, -0.2) is 4.39 Å². The molecule has 1 aromatic rings. The largest absolute Gasteiger partial charge is 0.391 e. The van der Waals surface area contributed by atoms with E-state index in [2.05, 4.69) is 23.9 Å². The molecule has 1 atom stereocenters. The van der Waals surface area contributed by atoms with Gasteiger partial charge >= 0.3 is 0 Å². The van der Waals surface area contributed by atoms with Crippen molar-refractivity contribution in [3.63, 3.8) is 0 Å². The summed E-state index contributed by atoms with van der Waals surface area (Å²) in [6.45, 7) is 1.66. The fraction of sp³-hybridized carbons (Fsp3) is 0.571. The summed E-state index contributed by atoms with van der Waals surface area (Å²) in [5, 5.41) is 9.35. The molecule has 0 radical (unpaired) electrons. The molecule has 1 N–H and O–H groups in total. The monoisotopic (exact) mass is 252 g/mol. The molecule has 0 bridgehead atoms. The van der Waals surface area contributed by atoms with Gasteiger partial charge in [0.05, 0.1) is 6.61 Å². The van der Waals surface area contributed by atoms with Crippen LogP contribution in [0.4, 0.5) is 10.1 Å². The predicted octanol–water partition coefficient (Wildman–Crippen LogP) is 1.85. The summed E-state index contributed by atoms with van der Waals surface area (Å²) in [6, 6.07) is 5.44. The number of hydrogen-bond donors (Lipinski definition) is 1. The van der Waals surface area contributed by atoms with E-state index in [1.165, 1.54) is 6.07 Å². The summed E-state index contributed by atoms with van der Waals surface area (Å²) in [4.78, 5) is 4.38. The molecule has 4 heteroatoms. The Morgan fingerprint density at radius 2 is 2.22 bits per heavy atom. The van der Waals surface area contributed by atoms with Crippen molar-refractivity contribution in [1.29, 1.82) is 0 Å². The van der Waals surface area contributed by atoms with Crippen molar-refractivity contribution < 1.29 is 9.50 Å². The van der Waals surface area contributed by atoms with Gasteiger partial charge in [-0.15, -0.1) is 0 Å². The van der Waals surface area contributed by atoms with E-state index < -0.39 is 0 Å². The second-order valence-corrected chi connectivity index (χ2v) is 5.15. The van der Waals surface area contributed by atoms with Gasteiger partial charge in [0.25, 0.3) is 0 Å². The standard InChI is InChI=1S/C14H21FN2O/c1-16(2)9-11-5-4-8-17(11)14-7-3-6-13(15)12(14)10-18/h3,6-7,11,18H,4-5,8-10H2,1-2H3. The van der Waals surface area contributed by atoms with Crippen molar-refractivity contribution in [3.8, 4) is 0 Å². The van der Waals surface area contributed by atoms with Gasteiger partial charge in [0.2, 0.25) is 0 Å². The first-order chi connectivity index (χ1) is 8.63. The van der Waals surface area contributed by atoms with Gasteiger partial charge in [0.15, 0.2) is 0 Å². The number of likely N-dealkylation sites (N-methyl/N-ethyl adjacent to an activating group) is 1. The quantitative estimate of drug-likeness (QED) is 0.886. The third-order valence-electron chi connectivity index (χ3n) is 3.51. The Labute approximate surface area is 108 Å². The molecule has 1 unspecified atom stereocenters. The van der Waals surface area contributed by atoms with Crippen molar-refractivity contribution in [1.82, 2.24) is 4.90 Å². The van der Waals surface area contributed by atoms with Gasteiger partial charge < -0.3 is 14.9 Å². The van der Waals surface area contributed by atoms with Crippen LogP contribution < -0.4 is 4.90 Å². The lowest BCUT2D eigenvalue weighted by Crippen LogP contribution is -2.38. The number of hydrogen-bond acceptors (Lipinski definition) is 3. The number of benzene rings is 1. The van der Waals surface area contributed by atoms with Crippen LogP contribution in [-0.4, -0.2) is 43.2 Å². The Hall–Kier alpha value is -1.13. The molecule has 1 saturated heterocycles. The number of anilines is 1. The third kappa shape index (κ3) is 2.65. The number of halogens is 1. The molecular weight excluding hydrogens is 231 g/mol. The molecule has 1 aliphatic heterocycles.